The smallest absolute Gasteiger partial charge is 0.190 e. The molecular weight excluding hydrogens is 268 g/mol. The molecule has 0 saturated carbocycles. The lowest BCUT2D eigenvalue weighted by Crippen LogP contribution is -2.33. The van der Waals surface area contributed by atoms with Crippen LogP contribution in [0.15, 0.2) is 73.6 Å². The fourth-order valence-electron chi connectivity index (χ4n) is 2.31. The van der Waals surface area contributed by atoms with Gasteiger partial charge in [0.05, 0.1) is 0 Å². The second-order valence-electron chi connectivity index (χ2n) is 5.09. The number of allylic oxidation sites excluding steroid dienone is 5. The predicted molar refractivity (Wildman–Crippen MR) is 92.3 cm³/mol. The molecule has 2 heteroatoms. The molecule has 2 aromatic rings. The summed E-state index contributed by atoms with van der Waals surface area (Å²) in [6.07, 6.45) is 13.1. The maximum Gasteiger partial charge on any atom is 0.190 e. The third-order valence-electron chi connectivity index (χ3n) is 3.44. The highest BCUT2D eigenvalue weighted by atomic mass is 14.9. The van der Waals surface area contributed by atoms with Crippen molar-refractivity contribution in [2.24, 2.45) is 0 Å². The molecule has 0 saturated heterocycles. The second-order valence-corrected chi connectivity index (χ2v) is 5.09. The monoisotopic (exact) mass is 291 g/mol. The Labute approximate surface area is 133 Å². The van der Waals surface area contributed by atoms with Crippen molar-refractivity contribution in [2.75, 3.05) is 0 Å². The molecule has 0 spiro atoms. The van der Waals surface area contributed by atoms with Gasteiger partial charge in [0.1, 0.15) is 5.69 Å². The van der Waals surface area contributed by atoms with Crippen molar-refractivity contribution in [3.63, 3.8) is 0 Å². The van der Waals surface area contributed by atoms with Gasteiger partial charge in [0.15, 0.2) is 18.9 Å². The zero-order valence-corrected chi connectivity index (χ0v) is 13.4. The molecule has 0 amide bonds. The second kappa shape index (κ2) is 8.08. The Hall–Kier alpha value is -2.48. The van der Waals surface area contributed by atoms with E-state index in [-0.39, 0.29) is 0 Å². The standard InChI is InChI=1S/C20H23N2/c1-4-8-17(9-5-2)18-12-14-22(15-13-18)16-20-11-7-10-19(6-3)21-20/h4-5,7-15H,1,6,16H2,2-3H3/q+1/b9-5-,17-8+. The van der Waals surface area contributed by atoms with Crippen molar-refractivity contribution in [2.45, 2.75) is 26.8 Å². The van der Waals surface area contributed by atoms with Crippen molar-refractivity contribution in [3.8, 4) is 0 Å². The summed E-state index contributed by atoms with van der Waals surface area (Å²) in [6, 6.07) is 10.5. The lowest BCUT2D eigenvalue weighted by molar-refractivity contribution is -0.688. The zero-order chi connectivity index (χ0) is 15.8. The number of aryl methyl sites for hydroxylation is 1. The predicted octanol–water partition coefficient (Wildman–Crippen LogP) is 4.13. The number of aromatic nitrogens is 2. The molecule has 0 aliphatic rings. The van der Waals surface area contributed by atoms with E-state index in [1.165, 1.54) is 5.56 Å². The number of hydrogen-bond acceptors (Lipinski definition) is 1. The molecule has 2 heterocycles. The van der Waals surface area contributed by atoms with E-state index >= 15 is 0 Å². The minimum absolute atomic E-state index is 0.790. The third kappa shape index (κ3) is 4.26. The first kappa shape index (κ1) is 15.9. The van der Waals surface area contributed by atoms with Crippen LogP contribution >= 0.6 is 0 Å². The average Bonchev–Trinajstić information content (AvgIpc) is 2.56. The van der Waals surface area contributed by atoms with Crippen molar-refractivity contribution in [3.05, 3.63) is 90.6 Å². The largest absolute Gasteiger partial charge is 0.251 e. The first-order chi connectivity index (χ1) is 10.8. The molecule has 0 aliphatic carbocycles. The van der Waals surface area contributed by atoms with Gasteiger partial charge in [-0.15, -0.1) is 0 Å². The molecule has 0 unspecified atom stereocenters. The van der Waals surface area contributed by atoms with Gasteiger partial charge in [-0.1, -0.05) is 43.9 Å². The molecular formula is C20H23N2+. The van der Waals surface area contributed by atoms with Gasteiger partial charge in [0.2, 0.25) is 0 Å². The van der Waals surface area contributed by atoms with Crippen LogP contribution in [0.3, 0.4) is 0 Å². The Bertz CT molecular complexity index is 679. The molecule has 112 valence electrons. The van der Waals surface area contributed by atoms with Crippen LogP contribution in [0.1, 0.15) is 30.8 Å². The van der Waals surface area contributed by atoms with E-state index in [4.69, 9.17) is 0 Å². The zero-order valence-electron chi connectivity index (χ0n) is 13.4. The summed E-state index contributed by atoms with van der Waals surface area (Å²) in [5.74, 6) is 0. The van der Waals surface area contributed by atoms with Crippen molar-refractivity contribution >= 4 is 5.57 Å². The van der Waals surface area contributed by atoms with E-state index in [1.807, 2.05) is 25.2 Å². The summed E-state index contributed by atoms with van der Waals surface area (Å²) >= 11 is 0. The summed E-state index contributed by atoms with van der Waals surface area (Å²) in [4.78, 5) is 4.65. The molecule has 0 N–H and O–H groups in total. The quantitative estimate of drug-likeness (QED) is 0.578. The normalized spacial score (nSPS) is 11.8. The van der Waals surface area contributed by atoms with Gasteiger partial charge in [-0.05, 0) is 36.6 Å². The molecule has 0 radical (unpaired) electrons. The Balaban J connectivity index is 2.17. The Morgan fingerprint density at radius 1 is 1.18 bits per heavy atom. The highest BCUT2D eigenvalue weighted by molar-refractivity contribution is 5.74. The summed E-state index contributed by atoms with van der Waals surface area (Å²) in [6.45, 7) is 8.71. The van der Waals surface area contributed by atoms with Crippen LogP contribution in [-0.4, -0.2) is 4.98 Å². The van der Waals surface area contributed by atoms with Crippen LogP contribution in [0.2, 0.25) is 0 Å². The Morgan fingerprint density at radius 2 is 1.91 bits per heavy atom. The van der Waals surface area contributed by atoms with E-state index in [1.54, 1.807) is 0 Å². The van der Waals surface area contributed by atoms with Gasteiger partial charge in [-0.2, -0.15) is 4.57 Å². The van der Waals surface area contributed by atoms with Crippen LogP contribution < -0.4 is 4.57 Å². The summed E-state index contributed by atoms with van der Waals surface area (Å²) in [5, 5.41) is 0. The maximum absolute atomic E-state index is 4.65. The minimum atomic E-state index is 0.790. The summed E-state index contributed by atoms with van der Waals surface area (Å²) < 4.78 is 2.15. The molecule has 0 aromatic carbocycles. The SMILES string of the molecule is C=C/C=C(\C=C/C)c1cc[n+](Cc2cccc(CC)n2)cc1. The first-order valence-electron chi connectivity index (χ1n) is 7.66. The Kier molecular flexibility index (Phi) is 5.84. The third-order valence-corrected chi connectivity index (χ3v) is 3.44. The average molecular weight is 291 g/mol. The number of pyridine rings is 2. The van der Waals surface area contributed by atoms with E-state index in [2.05, 4.69) is 71.9 Å². The molecule has 0 atom stereocenters. The van der Waals surface area contributed by atoms with E-state index in [0.717, 1.165) is 29.9 Å². The van der Waals surface area contributed by atoms with Gasteiger partial charge < -0.3 is 0 Å². The highest BCUT2D eigenvalue weighted by Crippen LogP contribution is 2.14. The van der Waals surface area contributed by atoms with E-state index in [0.29, 0.717) is 0 Å². The summed E-state index contributed by atoms with van der Waals surface area (Å²) in [7, 11) is 0. The van der Waals surface area contributed by atoms with Crippen LogP contribution in [0.25, 0.3) is 5.57 Å². The fraction of sp³-hybridized carbons (Fsp3) is 0.200. The molecule has 0 fully saturated rings. The molecule has 2 nitrogen and oxygen atoms in total. The van der Waals surface area contributed by atoms with E-state index in [9.17, 15) is 0 Å². The summed E-state index contributed by atoms with van der Waals surface area (Å²) in [5.41, 5.74) is 4.58. The number of hydrogen-bond donors (Lipinski definition) is 0. The van der Waals surface area contributed by atoms with Crippen molar-refractivity contribution in [1.29, 1.82) is 0 Å². The van der Waals surface area contributed by atoms with Gasteiger partial charge in [-0.3, -0.25) is 4.98 Å². The molecule has 2 rings (SSSR count). The first-order valence-corrected chi connectivity index (χ1v) is 7.66. The lowest BCUT2D eigenvalue weighted by atomic mass is 10.1. The van der Waals surface area contributed by atoms with Crippen molar-refractivity contribution in [1.82, 2.24) is 4.98 Å². The molecule has 22 heavy (non-hydrogen) atoms. The molecule has 0 aliphatic heterocycles. The molecule has 2 aromatic heterocycles. The fourth-order valence-corrected chi connectivity index (χ4v) is 2.31. The van der Waals surface area contributed by atoms with Crippen LogP contribution in [0, 0.1) is 0 Å². The number of rotatable bonds is 6. The van der Waals surface area contributed by atoms with Crippen molar-refractivity contribution < 1.29 is 4.57 Å². The highest BCUT2D eigenvalue weighted by Gasteiger charge is 2.06. The van der Waals surface area contributed by atoms with Crippen LogP contribution in [0.4, 0.5) is 0 Å². The maximum atomic E-state index is 4.65. The minimum Gasteiger partial charge on any atom is -0.251 e. The van der Waals surface area contributed by atoms with Gasteiger partial charge >= 0.3 is 0 Å². The van der Waals surface area contributed by atoms with Gasteiger partial charge in [-0.25, -0.2) is 0 Å². The molecule has 0 bridgehead atoms. The van der Waals surface area contributed by atoms with Gasteiger partial charge in [0, 0.05) is 17.8 Å². The topological polar surface area (TPSA) is 16.8 Å². The van der Waals surface area contributed by atoms with E-state index < -0.39 is 0 Å². The number of nitrogens with zero attached hydrogens (tertiary/aromatic N) is 2. The van der Waals surface area contributed by atoms with Gasteiger partial charge in [0.25, 0.3) is 0 Å². The van der Waals surface area contributed by atoms with Crippen LogP contribution in [-0.2, 0) is 13.0 Å². The van der Waals surface area contributed by atoms with Crippen LogP contribution in [0.5, 0.6) is 0 Å². The lowest BCUT2D eigenvalue weighted by Gasteiger charge is -2.03. The Morgan fingerprint density at radius 3 is 2.55 bits per heavy atom.